The number of fused-ring (bicyclic) bond motifs is 1. The fourth-order valence-corrected chi connectivity index (χ4v) is 1.21. The van der Waals surface area contributed by atoms with Crippen molar-refractivity contribution in [3.8, 4) is 0 Å². The maximum atomic E-state index is 12.3. The van der Waals surface area contributed by atoms with Crippen LogP contribution in [0, 0.1) is 0 Å². The summed E-state index contributed by atoms with van der Waals surface area (Å²) < 4.78 is 36.8. The third-order valence-electron chi connectivity index (χ3n) is 1.89. The van der Waals surface area contributed by atoms with Crippen molar-refractivity contribution in [1.82, 2.24) is 9.97 Å². The van der Waals surface area contributed by atoms with Crippen LogP contribution in [0.4, 0.5) is 13.2 Å². The second kappa shape index (κ2) is 3.08. The lowest BCUT2D eigenvalue weighted by molar-refractivity contribution is -0.140. The van der Waals surface area contributed by atoms with Crippen LogP contribution in [0.5, 0.6) is 0 Å². The van der Waals surface area contributed by atoms with Crippen LogP contribution in [0.2, 0.25) is 0 Å². The van der Waals surface area contributed by atoms with Crippen LogP contribution in [-0.2, 0) is 6.18 Å². The highest BCUT2D eigenvalue weighted by Gasteiger charge is 2.32. The summed E-state index contributed by atoms with van der Waals surface area (Å²) in [6, 6.07) is 3.15. The number of nitrogens with zero attached hydrogens (tertiary/aromatic N) is 1. The van der Waals surface area contributed by atoms with Crippen molar-refractivity contribution in [2.75, 3.05) is 0 Å². The zero-order valence-electron chi connectivity index (χ0n) is 7.30. The van der Waals surface area contributed by atoms with Gasteiger partial charge in [0.05, 0.1) is 5.52 Å². The Kier molecular flexibility index (Phi) is 1.99. The standard InChI is InChI=1S/C9H5F3N2O/c10-9(11,12)7-2-1-5-8(14-7)6(15)3-4-13-5/h1-4H,(H,13,15). The fraction of sp³-hybridized carbons (Fsp3) is 0.111. The molecule has 2 aromatic rings. The van der Waals surface area contributed by atoms with E-state index in [0.717, 1.165) is 12.1 Å². The maximum Gasteiger partial charge on any atom is 0.433 e. The van der Waals surface area contributed by atoms with Crippen molar-refractivity contribution >= 4 is 11.0 Å². The number of nitrogens with one attached hydrogen (secondary N) is 1. The van der Waals surface area contributed by atoms with Crippen LogP contribution in [0.3, 0.4) is 0 Å². The first-order valence-electron chi connectivity index (χ1n) is 4.04. The minimum atomic E-state index is -4.53. The van der Waals surface area contributed by atoms with Gasteiger partial charge in [0.1, 0.15) is 11.2 Å². The number of rotatable bonds is 0. The van der Waals surface area contributed by atoms with E-state index in [-0.39, 0.29) is 11.0 Å². The van der Waals surface area contributed by atoms with Crippen LogP contribution in [0.1, 0.15) is 5.69 Å². The van der Waals surface area contributed by atoms with E-state index in [2.05, 4.69) is 9.97 Å². The lowest BCUT2D eigenvalue weighted by Gasteiger charge is -2.05. The van der Waals surface area contributed by atoms with Gasteiger partial charge in [-0.05, 0) is 12.1 Å². The molecule has 0 atom stereocenters. The Hall–Kier alpha value is -1.85. The van der Waals surface area contributed by atoms with E-state index in [0.29, 0.717) is 0 Å². The summed E-state index contributed by atoms with van der Waals surface area (Å²) in [6.07, 6.45) is -3.17. The summed E-state index contributed by atoms with van der Waals surface area (Å²) in [6.45, 7) is 0. The molecule has 0 aliphatic carbocycles. The fourth-order valence-electron chi connectivity index (χ4n) is 1.21. The molecule has 2 heterocycles. The first-order valence-corrected chi connectivity index (χ1v) is 4.04. The Morgan fingerprint density at radius 2 is 1.93 bits per heavy atom. The summed E-state index contributed by atoms with van der Waals surface area (Å²) in [5.41, 5.74) is -1.51. The largest absolute Gasteiger partial charge is 0.433 e. The molecular formula is C9H5F3N2O. The first-order chi connectivity index (χ1) is 6.98. The first kappa shape index (κ1) is 9.70. The summed E-state index contributed by atoms with van der Waals surface area (Å²) in [5, 5.41) is 0. The van der Waals surface area contributed by atoms with E-state index in [4.69, 9.17) is 0 Å². The second-order valence-corrected chi connectivity index (χ2v) is 2.93. The van der Waals surface area contributed by atoms with E-state index in [1.807, 2.05) is 0 Å². The molecule has 2 rings (SSSR count). The van der Waals surface area contributed by atoms with Crippen molar-refractivity contribution in [2.24, 2.45) is 0 Å². The number of H-pyrrole nitrogens is 1. The van der Waals surface area contributed by atoms with Gasteiger partial charge < -0.3 is 4.98 Å². The molecule has 0 bridgehead atoms. The third kappa shape index (κ3) is 1.70. The molecule has 0 saturated carbocycles. The summed E-state index contributed by atoms with van der Waals surface area (Å²) >= 11 is 0. The maximum absolute atomic E-state index is 12.3. The van der Waals surface area contributed by atoms with Crippen molar-refractivity contribution < 1.29 is 13.2 Å². The molecule has 6 heteroatoms. The molecule has 3 nitrogen and oxygen atoms in total. The van der Waals surface area contributed by atoms with Gasteiger partial charge in [-0.25, -0.2) is 4.98 Å². The zero-order chi connectivity index (χ0) is 11.1. The van der Waals surface area contributed by atoms with Gasteiger partial charge in [0.2, 0.25) is 5.43 Å². The molecule has 0 unspecified atom stereocenters. The molecule has 78 valence electrons. The van der Waals surface area contributed by atoms with E-state index in [1.54, 1.807) is 0 Å². The molecule has 0 fully saturated rings. The number of halogens is 3. The number of aromatic amines is 1. The van der Waals surface area contributed by atoms with Gasteiger partial charge in [-0.2, -0.15) is 13.2 Å². The second-order valence-electron chi connectivity index (χ2n) is 2.93. The molecule has 0 aromatic carbocycles. The third-order valence-corrected chi connectivity index (χ3v) is 1.89. The Morgan fingerprint density at radius 3 is 2.60 bits per heavy atom. The number of hydrogen-bond acceptors (Lipinski definition) is 2. The minimum Gasteiger partial charge on any atom is -0.360 e. The number of alkyl halides is 3. The van der Waals surface area contributed by atoms with E-state index < -0.39 is 17.3 Å². The van der Waals surface area contributed by atoms with Crippen LogP contribution in [0.25, 0.3) is 11.0 Å². The topological polar surface area (TPSA) is 45.8 Å². The van der Waals surface area contributed by atoms with Gasteiger partial charge >= 0.3 is 6.18 Å². The molecule has 15 heavy (non-hydrogen) atoms. The van der Waals surface area contributed by atoms with E-state index in [9.17, 15) is 18.0 Å². The van der Waals surface area contributed by atoms with Gasteiger partial charge in [0, 0.05) is 12.3 Å². The summed E-state index contributed by atoms with van der Waals surface area (Å²) in [5.74, 6) is 0. The smallest absolute Gasteiger partial charge is 0.360 e. The van der Waals surface area contributed by atoms with Gasteiger partial charge in [0.25, 0.3) is 0 Å². The monoisotopic (exact) mass is 214 g/mol. The predicted octanol–water partition coefficient (Wildman–Crippen LogP) is 1.94. The zero-order valence-corrected chi connectivity index (χ0v) is 7.30. The quantitative estimate of drug-likeness (QED) is 0.728. The average molecular weight is 214 g/mol. The number of aromatic nitrogens is 2. The highest BCUT2D eigenvalue weighted by molar-refractivity contribution is 5.73. The normalized spacial score (nSPS) is 11.9. The van der Waals surface area contributed by atoms with Gasteiger partial charge in [-0.1, -0.05) is 0 Å². The Bertz CT molecular complexity index is 559. The van der Waals surface area contributed by atoms with Crippen LogP contribution in [0.15, 0.2) is 29.2 Å². The Balaban J connectivity index is 2.76. The van der Waals surface area contributed by atoms with Crippen LogP contribution in [-0.4, -0.2) is 9.97 Å². The lowest BCUT2D eigenvalue weighted by Crippen LogP contribution is -2.11. The Morgan fingerprint density at radius 1 is 1.20 bits per heavy atom. The average Bonchev–Trinajstić information content (AvgIpc) is 2.16. The summed E-state index contributed by atoms with van der Waals surface area (Å²) in [7, 11) is 0. The van der Waals surface area contributed by atoms with Crippen molar-refractivity contribution in [2.45, 2.75) is 6.18 Å². The highest BCUT2D eigenvalue weighted by Crippen LogP contribution is 2.27. The molecule has 2 aromatic heterocycles. The van der Waals surface area contributed by atoms with Crippen molar-refractivity contribution in [3.63, 3.8) is 0 Å². The molecule has 0 aliphatic rings. The molecular weight excluding hydrogens is 209 g/mol. The van der Waals surface area contributed by atoms with Crippen molar-refractivity contribution in [3.05, 3.63) is 40.3 Å². The Labute approximate surface area is 81.6 Å². The van der Waals surface area contributed by atoms with Crippen molar-refractivity contribution in [1.29, 1.82) is 0 Å². The van der Waals surface area contributed by atoms with Gasteiger partial charge in [0.15, 0.2) is 0 Å². The lowest BCUT2D eigenvalue weighted by atomic mass is 10.2. The molecule has 0 amide bonds. The SMILES string of the molecule is O=c1cc[nH]c2ccc(C(F)(F)F)nc12. The van der Waals surface area contributed by atoms with Gasteiger partial charge in [-0.15, -0.1) is 0 Å². The van der Waals surface area contributed by atoms with Crippen LogP contribution >= 0.6 is 0 Å². The predicted molar refractivity (Wildman–Crippen MR) is 47.4 cm³/mol. The minimum absolute atomic E-state index is 0.202. The molecule has 0 radical (unpaired) electrons. The molecule has 0 spiro atoms. The molecule has 0 saturated heterocycles. The number of hydrogen-bond donors (Lipinski definition) is 1. The van der Waals surface area contributed by atoms with Crippen LogP contribution < -0.4 is 5.43 Å². The molecule has 0 aliphatic heterocycles. The highest BCUT2D eigenvalue weighted by atomic mass is 19.4. The number of pyridine rings is 2. The van der Waals surface area contributed by atoms with Gasteiger partial charge in [-0.3, -0.25) is 4.79 Å². The summed E-state index contributed by atoms with van der Waals surface area (Å²) in [4.78, 5) is 17.1. The molecule has 1 N–H and O–H groups in total. The van der Waals surface area contributed by atoms with E-state index >= 15 is 0 Å². The van der Waals surface area contributed by atoms with E-state index in [1.165, 1.54) is 12.3 Å².